The van der Waals surface area contributed by atoms with Gasteiger partial charge in [-0.2, -0.15) is 13.2 Å². The van der Waals surface area contributed by atoms with Crippen LogP contribution < -0.4 is 5.32 Å². The number of alkyl halides is 3. The minimum atomic E-state index is -4.53. The Morgan fingerprint density at radius 1 is 1.25 bits per heavy atom. The number of halogens is 4. The molecule has 1 aliphatic heterocycles. The van der Waals surface area contributed by atoms with Crippen LogP contribution in [-0.2, 0) is 6.18 Å². The Bertz CT molecular complexity index is 1230. The fourth-order valence-corrected chi connectivity index (χ4v) is 3.61. The number of carbonyl (C=O) groups excluding carboxylic acids is 1. The van der Waals surface area contributed by atoms with Crippen molar-refractivity contribution in [3.8, 4) is 5.69 Å². The lowest BCUT2D eigenvalue weighted by Gasteiger charge is -2.11. The zero-order chi connectivity index (χ0) is 22.9. The maximum absolute atomic E-state index is 12.9. The molecule has 0 bridgehead atoms. The van der Waals surface area contributed by atoms with Crippen molar-refractivity contribution >= 4 is 33.9 Å². The number of anilines is 1. The molecule has 0 saturated heterocycles. The predicted molar refractivity (Wildman–Crippen MR) is 116 cm³/mol. The van der Waals surface area contributed by atoms with Crippen LogP contribution in [-0.4, -0.2) is 38.6 Å². The van der Waals surface area contributed by atoms with E-state index < -0.39 is 17.6 Å². The molecule has 1 amide bonds. The number of hydrogen-bond acceptors (Lipinski definition) is 5. The number of aromatic nitrogens is 4. The second-order valence-corrected chi connectivity index (χ2v) is 8.04. The summed E-state index contributed by atoms with van der Waals surface area (Å²) < 4.78 is 41.1. The van der Waals surface area contributed by atoms with Gasteiger partial charge >= 0.3 is 6.18 Å². The Morgan fingerprint density at radius 2 is 2.06 bits per heavy atom. The fraction of sp³-hybridized carbons (Fsp3) is 0.190. The molecule has 0 aliphatic carbocycles. The van der Waals surface area contributed by atoms with E-state index in [0.717, 1.165) is 34.1 Å². The standard InChI is InChI=1S/C21H16BrF3N6O/c1-12-2-3-13(20(32)28-19-8-15(4-5-27-19)21(23,24)25)7-18(12)31-11-17(29-30-31)14-6-16(22)10-26-9-14/h2-8,10-11,14H,9H2,1H3,(H,27,28,32). The molecule has 0 radical (unpaired) electrons. The van der Waals surface area contributed by atoms with Crippen molar-refractivity contribution in [2.45, 2.75) is 19.0 Å². The summed E-state index contributed by atoms with van der Waals surface area (Å²) in [6.07, 6.45) is 1.95. The van der Waals surface area contributed by atoms with Gasteiger partial charge in [-0.3, -0.25) is 9.79 Å². The quantitative estimate of drug-likeness (QED) is 0.558. The molecular formula is C21H16BrF3N6O. The van der Waals surface area contributed by atoms with Crippen LogP contribution in [0.5, 0.6) is 0 Å². The van der Waals surface area contributed by atoms with E-state index in [1.807, 2.05) is 13.0 Å². The highest BCUT2D eigenvalue weighted by molar-refractivity contribution is 9.12. The van der Waals surface area contributed by atoms with E-state index >= 15 is 0 Å². The maximum Gasteiger partial charge on any atom is 0.416 e. The third kappa shape index (κ3) is 4.77. The SMILES string of the molecule is Cc1ccc(C(=O)Nc2cc(C(F)(F)F)ccn2)cc1-n1cc(C2C=C(Br)C=NC2)nn1. The number of hydrogen-bond donors (Lipinski definition) is 1. The summed E-state index contributed by atoms with van der Waals surface area (Å²) in [5.74, 6) is -0.806. The Kier molecular flexibility index (Phi) is 5.92. The number of allylic oxidation sites excluding steroid dienone is 1. The highest BCUT2D eigenvalue weighted by atomic mass is 79.9. The number of dihydropyridines is 1. The van der Waals surface area contributed by atoms with Crippen molar-refractivity contribution in [3.63, 3.8) is 0 Å². The van der Waals surface area contributed by atoms with Gasteiger partial charge in [0.15, 0.2) is 0 Å². The Balaban J connectivity index is 1.57. The molecule has 11 heteroatoms. The van der Waals surface area contributed by atoms with Crippen molar-refractivity contribution < 1.29 is 18.0 Å². The molecule has 1 unspecified atom stereocenters. The fourth-order valence-electron chi connectivity index (χ4n) is 3.15. The van der Waals surface area contributed by atoms with Gasteiger partial charge in [-0.1, -0.05) is 17.4 Å². The average Bonchev–Trinajstić information content (AvgIpc) is 3.24. The Morgan fingerprint density at radius 3 is 2.81 bits per heavy atom. The molecule has 0 spiro atoms. The van der Waals surface area contributed by atoms with Crippen molar-refractivity contribution in [2.24, 2.45) is 4.99 Å². The van der Waals surface area contributed by atoms with Crippen LogP contribution in [0, 0.1) is 6.92 Å². The Hall–Kier alpha value is -3.34. The molecule has 3 heterocycles. The number of rotatable bonds is 4. The van der Waals surface area contributed by atoms with Crippen molar-refractivity contribution in [1.29, 1.82) is 0 Å². The largest absolute Gasteiger partial charge is 0.416 e. The van der Waals surface area contributed by atoms with Gasteiger partial charge in [0, 0.05) is 28.4 Å². The van der Waals surface area contributed by atoms with E-state index in [1.54, 1.807) is 35.3 Å². The van der Waals surface area contributed by atoms with Crippen molar-refractivity contribution in [2.75, 3.05) is 11.9 Å². The van der Waals surface area contributed by atoms with Crippen molar-refractivity contribution in [3.05, 3.63) is 75.7 Å². The number of pyridine rings is 1. The molecule has 4 rings (SSSR count). The van der Waals surface area contributed by atoms with Crippen LogP contribution in [0.2, 0.25) is 0 Å². The van der Waals surface area contributed by atoms with Gasteiger partial charge < -0.3 is 5.32 Å². The molecule has 164 valence electrons. The number of nitrogens with zero attached hydrogens (tertiary/aromatic N) is 5. The summed E-state index contributed by atoms with van der Waals surface area (Å²) >= 11 is 3.40. The van der Waals surface area contributed by atoms with Crippen LogP contribution in [0.15, 0.2) is 58.3 Å². The Labute approximate surface area is 189 Å². The van der Waals surface area contributed by atoms with Gasteiger partial charge in [0.05, 0.1) is 29.7 Å². The minimum absolute atomic E-state index is 0.0260. The number of amides is 1. The van der Waals surface area contributed by atoms with E-state index in [2.05, 4.69) is 41.5 Å². The second kappa shape index (κ2) is 8.65. The van der Waals surface area contributed by atoms with Gasteiger partial charge in [-0.25, -0.2) is 9.67 Å². The normalized spacial score (nSPS) is 16.0. The van der Waals surface area contributed by atoms with Gasteiger partial charge in [-0.15, -0.1) is 5.10 Å². The first-order valence-electron chi connectivity index (χ1n) is 9.46. The van der Waals surface area contributed by atoms with Gasteiger partial charge in [0.2, 0.25) is 0 Å². The molecule has 2 aromatic heterocycles. The van der Waals surface area contributed by atoms with Gasteiger partial charge in [0.1, 0.15) is 5.82 Å². The summed E-state index contributed by atoms with van der Waals surface area (Å²) in [5, 5.41) is 10.8. The summed E-state index contributed by atoms with van der Waals surface area (Å²) in [6.45, 7) is 2.41. The van der Waals surface area contributed by atoms with E-state index in [1.165, 1.54) is 0 Å². The second-order valence-electron chi connectivity index (χ2n) is 7.12. The molecular weight excluding hydrogens is 489 g/mol. The lowest BCUT2D eigenvalue weighted by molar-refractivity contribution is -0.137. The zero-order valence-electron chi connectivity index (χ0n) is 16.6. The number of aliphatic imine (C=N–C) groups is 1. The first kappa shape index (κ1) is 21.9. The van der Waals surface area contributed by atoms with E-state index in [0.29, 0.717) is 12.2 Å². The van der Waals surface area contributed by atoms with Gasteiger partial charge in [-0.05, 0) is 52.7 Å². The number of benzene rings is 1. The van der Waals surface area contributed by atoms with Crippen LogP contribution in [0.4, 0.5) is 19.0 Å². The highest BCUT2D eigenvalue weighted by Gasteiger charge is 2.31. The molecule has 32 heavy (non-hydrogen) atoms. The molecule has 3 aromatic rings. The molecule has 1 aliphatic rings. The number of nitrogens with one attached hydrogen (secondary N) is 1. The molecule has 0 saturated carbocycles. The molecule has 1 aromatic carbocycles. The first-order valence-corrected chi connectivity index (χ1v) is 10.2. The van der Waals surface area contributed by atoms with Crippen molar-refractivity contribution in [1.82, 2.24) is 20.0 Å². The van der Waals surface area contributed by atoms with E-state index in [9.17, 15) is 18.0 Å². The van der Waals surface area contributed by atoms with E-state index in [4.69, 9.17) is 0 Å². The molecule has 0 fully saturated rings. The lowest BCUT2D eigenvalue weighted by atomic mass is 10.0. The number of aryl methyl sites for hydroxylation is 1. The van der Waals surface area contributed by atoms with Gasteiger partial charge in [0.25, 0.3) is 5.91 Å². The summed E-state index contributed by atoms with van der Waals surface area (Å²) in [5.41, 5.74) is 1.53. The van der Waals surface area contributed by atoms with Crippen LogP contribution in [0.25, 0.3) is 5.69 Å². The average molecular weight is 505 g/mol. The van der Waals surface area contributed by atoms with E-state index in [-0.39, 0.29) is 17.3 Å². The van der Waals surface area contributed by atoms with Crippen LogP contribution in [0.3, 0.4) is 0 Å². The maximum atomic E-state index is 12.9. The molecule has 7 nitrogen and oxygen atoms in total. The molecule has 1 atom stereocenters. The third-order valence-electron chi connectivity index (χ3n) is 4.82. The number of carbonyl (C=O) groups is 1. The minimum Gasteiger partial charge on any atom is -0.307 e. The van der Waals surface area contributed by atoms with Crippen LogP contribution >= 0.6 is 15.9 Å². The van der Waals surface area contributed by atoms with Crippen LogP contribution in [0.1, 0.15) is 33.1 Å². The summed E-state index contributed by atoms with van der Waals surface area (Å²) in [6, 6.07) is 6.53. The summed E-state index contributed by atoms with van der Waals surface area (Å²) in [7, 11) is 0. The zero-order valence-corrected chi connectivity index (χ0v) is 18.2. The first-order chi connectivity index (χ1) is 15.2. The smallest absolute Gasteiger partial charge is 0.307 e. The predicted octanol–water partition coefficient (Wildman–Crippen LogP) is 4.69. The molecule has 1 N–H and O–H groups in total. The third-order valence-corrected chi connectivity index (χ3v) is 5.28. The highest BCUT2D eigenvalue weighted by Crippen LogP contribution is 2.30. The topological polar surface area (TPSA) is 85.1 Å². The summed E-state index contributed by atoms with van der Waals surface area (Å²) in [4.78, 5) is 20.7. The lowest BCUT2D eigenvalue weighted by Crippen LogP contribution is -2.15. The monoisotopic (exact) mass is 504 g/mol.